The molecule has 0 aliphatic rings. The van der Waals surface area contributed by atoms with Gasteiger partial charge in [-0.3, -0.25) is 0 Å². The normalized spacial score (nSPS) is 13.9. The Hall–Kier alpha value is -1.78. The van der Waals surface area contributed by atoms with Crippen LogP contribution in [0.5, 0.6) is 5.75 Å². The summed E-state index contributed by atoms with van der Waals surface area (Å²) in [6.07, 6.45) is 0.605. The Balaban J connectivity index is 2.07. The first-order valence-corrected chi connectivity index (χ1v) is 7.16. The van der Waals surface area contributed by atoms with Gasteiger partial charge in [-0.05, 0) is 50.1 Å². The van der Waals surface area contributed by atoms with E-state index >= 15 is 0 Å². The molecular weight excluding hydrogens is 266 g/mol. The summed E-state index contributed by atoms with van der Waals surface area (Å²) in [7, 11) is 1.70. The molecule has 1 aromatic heterocycles. The summed E-state index contributed by atoms with van der Waals surface area (Å²) in [5.41, 5.74) is 7.24. The molecule has 0 bridgehead atoms. The number of aryl methyl sites for hydroxylation is 1. The third-order valence-corrected chi connectivity index (χ3v) is 3.30. The standard InChI is InChI=1S/C17H23NO3/c1-12-4-9-16(20-12)17(13(2)18)21-15-7-5-14(6-8-15)10-11-19-3/h4-9,13,17H,10-11,18H2,1-3H3. The fraction of sp³-hybridized carbons (Fsp3) is 0.412. The smallest absolute Gasteiger partial charge is 0.171 e. The lowest BCUT2D eigenvalue weighted by atomic mass is 10.1. The molecule has 1 heterocycles. The molecule has 2 unspecified atom stereocenters. The van der Waals surface area contributed by atoms with Crippen molar-refractivity contribution in [1.82, 2.24) is 0 Å². The molecule has 21 heavy (non-hydrogen) atoms. The van der Waals surface area contributed by atoms with Gasteiger partial charge in [0.15, 0.2) is 6.10 Å². The van der Waals surface area contributed by atoms with Gasteiger partial charge in [0.1, 0.15) is 17.3 Å². The summed E-state index contributed by atoms with van der Waals surface area (Å²) in [5, 5.41) is 0. The van der Waals surface area contributed by atoms with Crippen LogP contribution in [0.3, 0.4) is 0 Å². The molecule has 0 radical (unpaired) electrons. The van der Waals surface area contributed by atoms with Crippen LogP contribution in [-0.2, 0) is 11.2 Å². The highest BCUT2D eigenvalue weighted by Gasteiger charge is 2.21. The fourth-order valence-corrected chi connectivity index (χ4v) is 2.13. The largest absolute Gasteiger partial charge is 0.481 e. The molecule has 0 aliphatic carbocycles. The molecule has 2 aromatic rings. The number of hydrogen-bond donors (Lipinski definition) is 1. The molecule has 2 atom stereocenters. The van der Waals surface area contributed by atoms with E-state index in [1.807, 2.05) is 50.2 Å². The second-order valence-corrected chi connectivity index (χ2v) is 5.23. The lowest BCUT2D eigenvalue weighted by Crippen LogP contribution is -2.28. The van der Waals surface area contributed by atoms with Gasteiger partial charge < -0.3 is 19.6 Å². The maximum absolute atomic E-state index is 6.02. The minimum Gasteiger partial charge on any atom is -0.481 e. The quantitative estimate of drug-likeness (QED) is 0.850. The number of benzene rings is 1. The second-order valence-electron chi connectivity index (χ2n) is 5.23. The molecule has 0 aliphatic heterocycles. The Labute approximate surface area is 125 Å². The summed E-state index contributed by atoms with van der Waals surface area (Å²) in [4.78, 5) is 0. The third kappa shape index (κ3) is 4.34. The molecule has 0 amide bonds. The molecule has 0 saturated heterocycles. The van der Waals surface area contributed by atoms with Crippen molar-refractivity contribution in [3.05, 3.63) is 53.5 Å². The molecule has 0 saturated carbocycles. The average Bonchev–Trinajstić information content (AvgIpc) is 2.89. The Morgan fingerprint density at radius 3 is 2.38 bits per heavy atom. The molecular formula is C17H23NO3. The maximum Gasteiger partial charge on any atom is 0.171 e. The predicted molar refractivity (Wildman–Crippen MR) is 82.5 cm³/mol. The van der Waals surface area contributed by atoms with E-state index < -0.39 is 0 Å². The van der Waals surface area contributed by atoms with Gasteiger partial charge in [-0.2, -0.15) is 0 Å². The molecule has 4 heteroatoms. The van der Waals surface area contributed by atoms with E-state index in [1.165, 1.54) is 5.56 Å². The average molecular weight is 289 g/mol. The Morgan fingerprint density at radius 1 is 1.14 bits per heavy atom. The second kappa shape index (κ2) is 7.29. The van der Waals surface area contributed by atoms with Crippen molar-refractivity contribution >= 4 is 0 Å². The SMILES string of the molecule is COCCc1ccc(OC(c2ccc(C)o2)C(C)N)cc1. The number of ether oxygens (including phenoxy) is 2. The van der Waals surface area contributed by atoms with Crippen molar-refractivity contribution in [3.8, 4) is 5.75 Å². The van der Waals surface area contributed by atoms with Crippen molar-refractivity contribution in [2.24, 2.45) is 5.73 Å². The summed E-state index contributed by atoms with van der Waals surface area (Å²) >= 11 is 0. The Morgan fingerprint density at radius 2 is 1.86 bits per heavy atom. The van der Waals surface area contributed by atoms with Gasteiger partial charge in [-0.25, -0.2) is 0 Å². The number of rotatable bonds is 7. The van der Waals surface area contributed by atoms with Crippen LogP contribution in [0.25, 0.3) is 0 Å². The first-order chi connectivity index (χ1) is 10.1. The molecule has 114 valence electrons. The van der Waals surface area contributed by atoms with Crippen molar-refractivity contribution < 1.29 is 13.9 Å². The molecule has 2 rings (SSSR count). The molecule has 0 fully saturated rings. The zero-order valence-electron chi connectivity index (χ0n) is 12.8. The van der Waals surface area contributed by atoms with Crippen molar-refractivity contribution in [1.29, 1.82) is 0 Å². The number of nitrogens with two attached hydrogens (primary N) is 1. The van der Waals surface area contributed by atoms with Crippen LogP contribution in [0.2, 0.25) is 0 Å². The fourth-order valence-electron chi connectivity index (χ4n) is 2.13. The molecule has 4 nitrogen and oxygen atoms in total. The summed E-state index contributed by atoms with van der Waals surface area (Å²) in [6.45, 7) is 4.54. The number of furan rings is 1. The number of methoxy groups -OCH3 is 1. The lowest BCUT2D eigenvalue weighted by Gasteiger charge is -2.20. The van der Waals surface area contributed by atoms with E-state index in [4.69, 9.17) is 19.6 Å². The zero-order valence-corrected chi connectivity index (χ0v) is 12.8. The van der Waals surface area contributed by atoms with E-state index in [0.29, 0.717) is 6.61 Å². The van der Waals surface area contributed by atoms with E-state index in [9.17, 15) is 0 Å². The summed E-state index contributed by atoms with van der Waals surface area (Å²) < 4.78 is 16.7. The van der Waals surface area contributed by atoms with E-state index in [0.717, 1.165) is 23.7 Å². The van der Waals surface area contributed by atoms with Gasteiger partial charge in [0.2, 0.25) is 0 Å². The summed E-state index contributed by atoms with van der Waals surface area (Å²) in [5.74, 6) is 2.40. The predicted octanol–water partition coefficient (Wildman–Crippen LogP) is 3.24. The third-order valence-electron chi connectivity index (χ3n) is 3.30. The van der Waals surface area contributed by atoms with Gasteiger partial charge in [0.05, 0.1) is 6.61 Å². The highest BCUT2D eigenvalue weighted by molar-refractivity contribution is 5.28. The van der Waals surface area contributed by atoms with E-state index in [2.05, 4.69) is 0 Å². The van der Waals surface area contributed by atoms with Crippen LogP contribution in [0.1, 0.15) is 30.1 Å². The van der Waals surface area contributed by atoms with Gasteiger partial charge in [-0.15, -0.1) is 0 Å². The zero-order chi connectivity index (χ0) is 15.2. The van der Waals surface area contributed by atoms with Gasteiger partial charge in [-0.1, -0.05) is 12.1 Å². The molecule has 1 aromatic carbocycles. The minimum atomic E-state index is -0.288. The van der Waals surface area contributed by atoms with Gasteiger partial charge in [0, 0.05) is 13.2 Å². The van der Waals surface area contributed by atoms with Gasteiger partial charge in [0.25, 0.3) is 0 Å². The van der Waals surface area contributed by atoms with Gasteiger partial charge >= 0.3 is 0 Å². The Kier molecular flexibility index (Phi) is 5.42. The van der Waals surface area contributed by atoms with Crippen LogP contribution in [-0.4, -0.2) is 19.8 Å². The number of hydrogen-bond acceptors (Lipinski definition) is 4. The summed E-state index contributed by atoms with van der Waals surface area (Å²) in [6, 6.07) is 11.7. The van der Waals surface area contributed by atoms with E-state index in [1.54, 1.807) is 7.11 Å². The van der Waals surface area contributed by atoms with E-state index in [-0.39, 0.29) is 12.1 Å². The highest BCUT2D eigenvalue weighted by atomic mass is 16.5. The molecule has 2 N–H and O–H groups in total. The highest BCUT2D eigenvalue weighted by Crippen LogP contribution is 2.26. The van der Waals surface area contributed by atoms with Crippen LogP contribution in [0.4, 0.5) is 0 Å². The first kappa shape index (κ1) is 15.6. The lowest BCUT2D eigenvalue weighted by molar-refractivity contribution is 0.151. The first-order valence-electron chi connectivity index (χ1n) is 7.16. The Bertz CT molecular complexity index is 545. The van der Waals surface area contributed by atoms with Crippen molar-refractivity contribution in [3.63, 3.8) is 0 Å². The van der Waals surface area contributed by atoms with Crippen molar-refractivity contribution in [2.45, 2.75) is 32.4 Å². The van der Waals surface area contributed by atoms with Crippen LogP contribution in [0, 0.1) is 6.92 Å². The molecule has 0 spiro atoms. The monoisotopic (exact) mass is 289 g/mol. The topological polar surface area (TPSA) is 57.6 Å². The van der Waals surface area contributed by atoms with Crippen molar-refractivity contribution in [2.75, 3.05) is 13.7 Å². The minimum absolute atomic E-state index is 0.163. The van der Waals surface area contributed by atoms with Crippen LogP contribution in [0.15, 0.2) is 40.8 Å². The van der Waals surface area contributed by atoms with Crippen LogP contribution >= 0.6 is 0 Å². The van der Waals surface area contributed by atoms with Crippen LogP contribution < -0.4 is 10.5 Å². The maximum atomic E-state index is 6.02.